The fraction of sp³-hybridized carbons (Fsp3) is 0.308. The number of carboxylic acids is 1. The van der Waals surface area contributed by atoms with E-state index >= 15 is 0 Å². The summed E-state index contributed by atoms with van der Waals surface area (Å²) in [4.78, 5) is 17.4. The molecule has 1 aromatic heterocycles. The Hall–Kier alpha value is -2.55. The molecule has 0 aliphatic heterocycles. The maximum Gasteiger partial charge on any atom is 0.335 e. The van der Waals surface area contributed by atoms with Crippen LogP contribution in [0.15, 0.2) is 54.7 Å². The van der Waals surface area contributed by atoms with Crippen LogP contribution < -0.4 is 15.0 Å². The fourth-order valence-corrected chi connectivity index (χ4v) is 4.22. The highest BCUT2D eigenvalue weighted by molar-refractivity contribution is 6.29. The number of hydrogen-bond acceptors (Lipinski definition) is 6. The molecule has 0 bridgehead atoms. The largest absolute Gasteiger partial charge is 0.478 e. The van der Waals surface area contributed by atoms with Crippen molar-refractivity contribution in [3.63, 3.8) is 0 Å². The molecule has 1 heterocycles. The van der Waals surface area contributed by atoms with Gasteiger partial charge in [0.2, 0.25) is 0 Å². The average molecular weight is 555 g/mol. The lowest BCUT2D eigenvalue weighted by molar-refractivity contribution is 0.0696. The summed E-state index contributed by atoms with van der Waals surface area (Å²) in [6.45, 7) is 0.425. The van der Waals surface area contributed by atoms with Gasteiger partial charge in [-0.2, -0.15) is 0 Å². The van der Waals surface area contributed by atoms with Gasteiger partial charge in [-0.25, -0.2) is 9.78 Å². The van der Waals surface area contributed by atoms with Crippen LogP contribution in [0.2, 0.25) is 5.15 Å². The minimum absolute atomic E-state index is 0. The Morgan fingerprint density at radius 2 is 1.92 bits per heavy atom. The van der Waals surface area contributed by atoms with E-state index in [1.54, 1.807) is 24.4 Å². The molecule has 7 nitrogen and oxygen atoms in total. The number of benzene rings is 2. The molecular formula is C26H30Cl3N3O4. The van der Waals surface area contributed by atoms with Crippen molar-refractivity contribution in [2.45, 2.75) is 31.4 Å². The number of carboxylic acid groups (broad SMARTS) is 1. The first-order valence-corrected chi connectivity index (χ1v) is 11.5. The van der Waals surface area contributed by atoms with Gasteiger partial charge in [-0.1, -0.05) is 23.7 Å². The van der Waals surface area contributed by atoms with E-state index in [4.69, 9.17) is 16.3 Å². The first-order valence-electron chi connectivity index (χ1n) is 11.2. The number of aliphatic hydroxyl groups excluding tert-OH is 1. The van der Waals surface area contributed by atoms with Gasteiger partial charge in [-0.15, -0.1) is 24.8 Å². The number of ether oxygens (including phenoxy) is 1. The number of hydrogen-bond donors (Lipinski definition) is 3. The molecule has 1 aliphatic carbocycles. The van der Waals surface area contributed by atoms with Gasteiger partial charge in [-0.3, -0.25) is 0 Å². The summed E-state index contributed by atoms with van der Waals surface area (Å²) in [6, 6.07) is 14.7. The second-order valence-corrected chi connectivity index (χ2v) is 9.11. The maximum atomic E-state index is 11.5. The second-order valence-electron chi connectivity index (χ2n) is 8.73. The quantitative estimate of drug-likeness (QED) is 0.325. The van der Waals surface area contributed by atoms with E-state index in [1.807, 2.05) is 37.2 Å². The zero-order valence-corrected chi connectivity index (χ0v) is 22.4. The van der Waals surface area contributed by atoms with E-state index in [-0.39, 0.29) is 36.4 Å². The Kier molecular flexibility index (Phi) is 10.8. The molecule has 3 aromatic rings. The van der Waals surface area contributed by atoms with Gasteiger partial charge >= 0.3 is 5.97 Å². The van der Waals surface area contributed by atoms with Gasteiger partial charge in [0.05, 0.1) is 11.7 Å². The summed E-state index contributed by atoms with van der Waals surface area (Å²) in [5.74, 6) is 0.150. The number of fused-ring (bicyclic) bond motifs is 1. The van der Waals surface area contributed by atoms with Gasteiger partial charge in [0.1, 0.15) is 16.7 Å². The normalized spacial score (nSPS) is 15.1. The predicted octanol–water partition coefficient (Wildman–Crippen LogP) is 5.32. The van der Waals surface area contributed by atoms with Crippen molar-refractivity contribution < 1.29 is 19.7 Å². The molecule has 194 valence electrons. The zero-order chi connectivity index (χ0) is 24.2. The lowest BCUT2D eigenvalue weighted by Gasteiger charge is -2.27. The Bertz CT molecular complexity index is 1180. The van der Waals surface area contributed by atoms with Crippen LogP contribution in [-0.4, -0.2) is 47.8 Å². The minimum Gasteiger partial charge on any atom is -0.478 e. The molecule has 0 unspecified atom stereocenters. The minimum atomic E-state index is -0.996. The van der Waals surface area contributed by atoms with Crippen molar-refractivity contribution in [3.8, 4) is 11.5 Å². The van der Waals surface area contributed by atoms with Crippen LogP contribution in [0.4, 0.5) is 5.69 Å². The van der Waals surface area contributed by atoms with Crippen molar-refractivity contribution in [2.75, 3.05) is 25.5 Å². The molecule has 0 amide bonds. The summed E-state index contributed by atoms with van der Waals surface area (Å²) in [5, 5.41) is 23.8. The SMILES string of the molecule is CN(C)c1cc(Oc2ccc3c(c2)C[C@@H](NC[C@@H](O)c2ccc(Cl)nc2)CC3)cc(C(=O)O)c1.Cl.Cl. The van der Waals surface area contributed by atoms with Crippen molar-refractivity contribution in [2.24, 2.45) is 0 Å². The highest BCUT2D eigenvalue weighted by Crippen LogP contribution is 2.31. The molecule has 0 saturated heterocycles. The third kappa shape index (κ3) is 7.48. The molecule has 36 heavy (non-hydrogen) atoms. The van der Waals surface area contributed by atoms with Crippen LogP contribution in [-0.2, 0) is 12.8 Å². The number of nitrogens with one attached hydrogen (secondary N) is 1. The number of aromatic nitrogens is 1. The Labute approximate surface area is 228 Å². The number of anilines is 1. The van der Waals surface area contributed by atoms with Gasteiger partial charge in [0, 0.05) is 50.2 Å². The van der Waals surface area contributed by atoms with E-state index in [9.17, 15) is 15.0 Å². The molecule has 3 N–H and O–H groups in total. The molecule has 4 rings (SSSR count). The first kappa shape index (κ1) is 29.7. The third-order valence-corrected chi connectivity index (χ3v) is 6.26. The zero-order valence-electron chi connectivity index (χ0n) is 20.0. The Morgan fingerprint density at radius 3 is 2.58 bits per heavy atom. The molecule has 10 heteroatoms. The standard InChI is InChI=1S/C26H28ClN3O4.2ClH/c1-30(2)21-10-19(26(32)33)12-23(13-21)34-22-7-4-16-3-6-20(9-18(16)11-22)28-15-24(31)17-5-8-25(27)29-14-17;;/h4-5,7-8,10-14,20,24,28,31H,3,6,9,15H2,1-2H3,(H,32,33);2*1H/t20-,24+;;/m0../s1. The third-order valence-electron chi connectivity index (χ3n) is 6.03. The molecule has 0 saturated carbocycles. The number of aliphatic hydroxyl groups is 1. The topological polar surface area (TPSA) is 94.9 Å². The van der Waals surface area contributed by atoms with Crippen LogP contribution in [0.3, 0.4) is 0 Å². The summed E-state index contributed by atoms with van der Waals surface area (Å²) < 4.78 is 6.06. The highest BCUT2D eigenvalue weighted by atomic mass is 35.5. The molecule has 2 atom stereocenters. The Balaban J connectivity index is 0.00000228. The average Bonchev–Trinajstić information content (AvgIpc) is 2.82. The van der Waals surface area contributed by atoms with Gasteiger partial charge in [0.25, 0.3) is 0 Å². The van der Waals surface area contributed by atoms with Crippen LogP contribution in [0.5, 0.6) is 11.5 Å². The molecular weight excluding hydrogens is 525 g/mol. The van der Waals surface area contributed by atoms with Crippen molar-refractivity contribution in [3.05, 3.63) is 82.1 Å². The van der Waals surface area contributed by atoms with E-state index < -0.39 is 12.1 Å². The van der Waals surface area contributed by atoms with E-state index in [0.717, 1.165) is 30.5 Å². The van der Waals surface area contributed by atoms with Gasteiger partial charge in [-0.05, 0) is 60.7 Å². The summed E-state index contributed by atoms with van der Waals surface area (Å²) in [5.41, 5.74) is 4.13. The van der Waals surface area contributed by atoms with Gasteiger partial charge < -0.3 is 25.2 Å². The van der Waals surface area contributed by atoms with E-state index in [2.05, 4.69) is 16.4 Å². The number of nitrogens with zero attached hydrogens (tertiary/aromatic N) is 2. The molecule has 1 aliphatic rings. The lowest BCUT2D eigenvalue weighted by Crippen LogP contribution is -2.37. The first-order chi connectivity index (χ1) is 16.3. The monoisotopic (exact) mass is 553 g/mol. The van der Waals surface area contributed by atoms with Crippen LogP contribution >= 0.6 is 36.4 Å². The summed E-state index contributed by atoms with van der Waals surface area (Å²) >= 11 is 5.82. The smallest absolute Gasteiger partial charge is 0.335 e. The van der Waals surface area contributed by atoms with Crippen molar-refractivity contribution >= 4 is 48.1 Å². The van der Waals surface area contributed by atoms with Crippen LogP contribution in [0, 0.1) is 0 Å². The fourth-order valence-electron chi connectivity index (χ4n) is 4.11. The second kappa shape index (κ2) is 13.1. The maximum absolute atomic E-state index is 11.5. The van der Waals surface area contributed by atoms with E-state index in [0.29, 0.717) is 23.2 Å². The number of aromatic carboxylic acids is 1. The summed E-state index contributed by atoms with van der Waals surface area (Å²) in [7, 11) is 3.72. The van der Waals surface area contributed by atoms with Gasteiger partial charge in [0.15, 0.2) is 0 Å². The molecule has 2 aromatic carbocycles. The number of carbonyl (C=O) groups is 1. The Morgan fingerprint density at radius 1 is 1.14 bits per heavy atom. The number of halogens is 3. The summed E-state index contributed by atoms with van der Waals surface area (Å²) in [6.07, 6.45) is 3.66. The van der Waals surface area contributed by atoms with Crippen LogP contribution in [0.25, 0.3) is 0 Å². The van der Waals surface area contributed by atoms with E-state index in [1.165, 1.54) is 17.2 Å². The number of aryl methyl sites for hydroxylation is 1. The molecule has 0 radical (unpaired) electrons. The highest BCUT2D eigenvalue weighted by Gasteiger charge is 2.20. The molecule has 0 spiro atoms. The predicted molar refractivity (Wildman–Crippen MR) is 147 cm³/mol. The number of pyridine rings is 1. The van der Waals surface area contributed by atoms with Crippen molar-refractivity contribution in [1.82, 2.24) is 10.3 Å². The van der Waals surface area contributed by atoms with Crippen LogP contribution in [0.1, 0.15) is 39.6 Å². The van der Waals surface area contributed by atoms with Crippen molar-refractivity contribution in [1.29, 1.82) is 0 Å². The number of rotatable bonds is 8. The lowest BCUT2D eigenvalue weighted by atomic mass is 9.88. The molecule has 0 fully saturated rings.